The molecule has 1 aromatic carbocycles. The lowest BCUT2D eigenvalue weighted by Gasteiger charge is -2.03. The zero-order chi connectivity index (χ0) is 14.0. The van der Waals surface area contributed by atoms with Crippen molar-refractivity contribution in [2.24, 2.45) is 0 Å². The van der Waals surface area contributed by atoms with E-state index in [2.05, 4.69) is 9.25 Å². The number of nitrogens with zero attached hydrogens (tertiary/aromatic N) is 1. The molecule has 0 amide bonds. The zero-order valence-electron chi connectivity index (χ0n) is 9.15. The second-order valence-corrected chi connectivity index (χ2v) is 5.22. The summed E-state index contributed by atoms with van der Waals surface area (Å²) in [6.07, 6.45) is 0.522. The molecule has 0 N–H and O–H groups in total. The number of hydrogen-bond donors (Lipinski definition) is 0. The van der Waals surface area contributed by atoms with E-state index in [9.17, 15) is 22.9 Å². The molecular weight excluding hydrogens is 281 g/mol. The van der Waals surface area contributed by atoms with Gasteiger partial charge in [-0.15, -0.1) is 10.1 Å². The highest BCUT2D eigenvalue weighted by Crippen LogP contribution is 2.33. The highest BCUT2D eigenvalue weighted by Gasteiger charge is 2.30. The number of sulfone groups is 1. The summed E-state index contributed by atoms with van der Waals surface area (Å²) < 4.78 is 41.9. The van der Waals surface area contributed by atoms with Crippen molar-refractivity contribution in [3.05, 3.63) is 52.7 Å². The third-order valence-corrected chi connectivity index (χ3v) is 3.96. The Kier molecular flexibility index (Phi) is 3.21. The second kappa shape index (κ2) is 4.69. The fourth-order valence-corrected chi connectivity index (χ4v) is 2.77. The Labute approximate surface area is 106 Å². The van der Waals surface area contributed by atoms with Gasteiger partial charge in [-0.05, 0) is 12.1 Å². The van der Waals surface area contributed by atoms with Crippen LogP contribution in [0.1, 0.15) is 0 Å². The summed E-state index contributed by atoms with van der Waals surface area (Å²) in [6, 6.07) is 5.40. The summed E-state index contributed by atoms with van der Waals surface area (Å²) in [6.45, 7) is 0. The molecule has 1 heterocycles. The van der Waals surface area contributed by atoms with E-state index < -0.39 is 31.6 Å². The van der Waals surface area contributed by atoms with Crippen molar-refractivity contribution in [2.75, 3.05) is 0 Å². The molecule has 0 spiro atoms. The highest BCUT2D eigenvalue weighted by atomic mass is 32.2. The molecule has 0 bridgehead atoms. The Bertz CT molecular complexity index is 709. The minimum atomic E-state index is -4.30. The second-order valence-electron chi connectivity index (χ2n) is 3.33. The molecule has 0 unspecified atom stereocenters. The normalized spacial score (nSPS) is 11.2. The fraction of sp³-hybridized carbons (Fsp3) is 0. The maximum Gasteiger partial charge on any atom is 0.299 e. The molecule has 7 nitrogen and oxygen atoms in total. The van der Waals surface area contributed by atoms with Crippen molar-refractivity contribution in [3.8, 4) is 5.75 Å². The Hall–Kier alpha value is -2.42. The van der Waals surface area contributed by atoms with Crippen LogP contribution in [0.25, 0.3) is 0 Å². The molecular formula is C10H6FNO6S. The molecule has 0 aliphatic heterocycles. The van der Waals surface area contributed by atoms with Crippen LogP contribution in [0.15, 0.2) is 50.8 Å². The first-order chi connectivity index (χ1) is 8.93. The highest BCUT2D eigenvalue weighted by molar-refractivity contribution is 7.91. The molecule has 9 heteroatoms. The van der Waals surface area contributed by atoms with Crippen LogP contribution in [0, 0.1) is 16.1 Å². The lowest BCUT2D eigenvalue weighted by molar-refractivity contribution is -0.711. The molecule has 0 saturated carbocycles. The molecule has 0 aliphatic carbocycles. The van der Waals surface area contributed by atoms with E-state index in [1.807, 2.05) is 0 Å². The van der Waals surface area contributed by atoms with Crippen LogP contribution in [0.3, 0.4) is 0 Å². The molecule has 2 rings (SSSR count). The van der Waals surface area contributed by atoms with E-state index in [0.717, 1.165) is 0 Å². The zero-order valence-corrected chi connectivity index (χ0v) is 9.96. The summed E-state index contributed by atoms with van der Waals surface area (Å²) in [5.41, 5.74) is 0. The first-order valence-corrected chi connectivity index (χ1v) is 6.30. The Morgan fingerprint density at radius 1 is 1.26 bits per heavy atom. The van der Waals surface area contributed by atoms with E-state index in [-0.39, 0.29) is 4.90 Å². The van der Waals surface area contributed by atoms with Gasteiger partial charge in [0.25, 0.3) is 11.1 Å². The summed E-state index contributed by atoms with van der Waals surface area (Å²) >= 11 is 0. The largest absolute Gasteiger partial charge is 0.436 e. The minimum absolute atomic E-state index is 0.233. The molecule has 100 valence electrons. The topological polar surface area (TPSA) is 99.7 Å². The summed E-state index contributed by atoms with van der Waals surface area (Å²) in [4.78, 5) is 13.0. The van der Waals surface area contributed by atoms with E-state index in [0.29, 0.717) is 6.26 Å². The monoisotopic (exact) mass is 287 g/mol. The quantitative estimate of drug-likeness (QED) is 0.628. The first kappa shape index (κ1) is 13.0. The fourth-order valence-electron chi connectivity index (χ4n) is 1.41. The number of rotatable bonds is 4. The van der Waals surface area contributed by atoms with Gasteiger partial charge in [0.05, 0.1) is 4.90 Å². The van der Waals surface area contributed by atoms with Gasteiger partial charge in [0.2, 0.25) is 9.84 Å². The van der Waals surface area contributed by atoms with Crippen molar-refractivity contribution >= 4 is 9.84 Å². The van der Waals surface area contributed by atoms with Gasteiger partial charge in [-0.25, -0.2) is 8.42 Å². The predicted octanol–water partition coefficient (Wildman–Crippen LogP) is 1.82. The summed E-state index contributed by atoms with van der Waals surface area (Å²) in [7, 11) is -4.30. The van der Waals surface area contributed by atoms with Crippen molar-refractivity contribution in [1.82, 2.24) is 0 Å². The number of furan rings is 1. The molecule has 1 aromatic heterocycles. The molecule has 19 heavy (non-hydrogen) atoms. The Balaban J connectivity index is 2.58. The van der Waals surface area contributed by atoms with Crippen LogP contribution in [-0.4, -0.2) is 13.5 Å². The average Bonchev–Trinajstić information content (AvgIpc) is 2.71. The maximum absolute atomic E-state index is 13.4. The van der Waals surface area contributed by atoms with Crippen molar-refractivity contribution in [2.45, 2.75) is 9.79 Å². The van der Waals surface area contributed by atoms with Gasteiger partial charge in [-0.1, -0.05) is 18.2 Å². The molecule has 0 aliphatic rings. The maximum atomic E-state index is 13.4. The Morgan fingerprint density at radius 2 is 1.89 bits per heavy atom. The van der Waals surface area contributed by atoms with Crippen molar-refractivity contribution in [3.63, 3.8) is 0 Å². The lowest BCUT2D eigenvalue weighted by Crippen LogP contribution is -2.09. The van der Waals surface area contributed by atoms with Gasteiger partial charge >= 0.3 is 0 Å². The van der Waals surface area contributed by atoms with Gasteiger partial charge in [0.1, 0.15) is 6.26 Å². The van der Waals surface area contributed by atoms with E-state index >= 15 is 0 Å². The van der Waals surface area contributed by atoms with Crippen LogP contribution >= 0.6 is 0 Å². The predicted molar refractivity (Wildman–Crippen MR) is 58.2 cm³/mol. The number of benzene rings is 1. The molecule has 0 atom stereocenters. The van der Waals surface area contributed by atoms with Crippen LogP contribution in [0.2, 0.25) is 0 Å². The smallest absolute Gasteiger partial charge is 0.299 e. The number of halogens is 1. The van der Waals surface area contributed by atoms with Gasteiger partial charge in [0, 0.05) is 0 Å². The van der Waals surface area contributed by atoms with E-state index in [1.165, 1.54) is 24.3 Å². The minimum Gasteiger partial charge on any atom is -0.436 e. The first-order valence-electron chi connectivity index (χ1n) is 4.82. The van der Waals surface area contributed by atoms with Crippen LogP contribution in [-0.2, 0) is 9.84 Å². The molecule has 0 radical (unpaired) electrons. The number of hydrogen-bond acceptors (Lipinski definition) is 6. The lowest BCUT2D eigenvalue weighted by atomic mass is 10.4. The Morgan fingerprint density at radius 3 is 2.47 bits per heavy atom. The average molecular weight is 287 g/mol. The van der Waals surface area contributed by atoms with Crippen LogP contribution in [0.4, 0.5) is 4.39 Å². The van der Waals surface area contributed by atoms with Gasteiger partial charge in [0.15, 0.2) is 10.6 Å². The third kappa shape index (κ3) is 2.40. The molecule has 0 fully saturated rings. The standard InChI is InChI=1S/C10H6FNO6S/c11-10-9(8(6-17-10)18-12(13)14)19(15,16)7-4-2-1-3-5-7/h1-6H. The van der Waals surface area contributed by atoms with Crippen molar-refractivity contribution in [1.29, 1.82) is 0 Å². The molecule has 2 aromatic rings. The molecule has 0 saturated heterocycles. The van der Waals surface area contributed by atoms with Gasteiger partial charge < -0.3 is 4.42 Å². The summed E-state index contributed by atoms with van der Waals surface area (Å²) in [5, 5.41) is 8.96. The SMILES string of the molecule is O=[N+]([O-])Oc1coc(F)c1S(=O)(=O)c1ccccc1. The van der Waals surface area contributed by atoms with Crippen LogP contribution in [0.5, 0.6) is 5.75 Å². The van der Waals surface area contributed by atoms with E-state index in [1.54, 1.807) is 6.07 Å². The van der Waals surface area contributed by atoms with Gasteiger partial charge in [-0.3, -0.25) is 4.84 Å². The van der Waals surface area contributed by atoms with E-state index in [4.69, 9.17) is 0 Å². The van der Waals surface area contributed by atoms with Crippen LogP contribution < -0.4 is 4.84 Å². The van der Waals surface area contributed by atoms with Gasteiger partial charge in [-0.2, -0.15) is 4.39 Å². The van der Waals surface area contributed by atoms with Crippen molar-refractivity contribution < 1.29 is 27.1 Å². The third-order valence-electron chi connectivity index (χ3n) is 2.17. The summed E-state index contributed by atoms with van der Waals surface area (Å²) in [5.74, 6) is -0.814.